The molecule has 0 radical (unpaired) electrons. The summed E-state index contributed by atoms with van der Waals surface area (Å²) in [6.45, 7) is -0.759. The lowest BCUT2D eigenvalue weighted by molar-refractivity contribution is 0.100. The van der Waals surface area contributed by atoms with Crippen molar-refractivity contribution in [1.29, 1.82) is 0 Å². The molecule has 0 saturated carbocycles. The number of carbonyl (C=O) groups excluding carboxylic acids is 2. The van der Waals surface area contributed by atoms with Gasteiger partial charge in [0.15, 0.2) is 0 Å². The van der Waals surface area contributed by atoms with Crippen LogP contribution in [-0.4, -0.2) is 16.9 Å². The zero-order valence-electron chi connectivity index (χ0n) is 14.1. The first-order valence-electron chi connectivity index (χ1n) is 7.97. The first-order chi connectivity index (χ1) is 13.0. The predicted molar refractivity (Wildman–Crippen MR) is 98.6 cm³/mol. The van der Waals surface area contributed by atoms with Gasteiger partial charge in [0.25, 0.3) is 5.91 Å². The number of amides is 3. The van der Waals surface area contributed by atoms with Gasteiger partial charge in [-0.05, 0) is 35.4 Å². The fourth-order valence-corrected chi connectivity index (χ4v) is 2.58. The molecule has 3 rings (SSSR count). The van der Waals surface area contributed by atoms with Gasteiger partial charge in [0, 0.05) is 23.6 Å². The second-order valence-electron chi connectivity index (χ2n) is 5.75. The third-order valence-electron chi connectivity index (χ3n) is 3.90. The molecule has 0 saturated heterocycles. The van der Waals surface area contributed by atoms with Gasteiger partial charge in [0.05, 0.1) is 11.3 Å². The topological polar surface area (TPSA) is 100 Å². The van der Waals surface area contributed by atoms with Crippen LogP contribution in [0, 0.1) is 5.82 Å². The monoisotopic (exact) mass is 370 g/mol. The minimum absolute atomic E-state index is 0.113. The van der Waals surface area contributed by atoms with Gasteiger partial charge in [-0.1, -0.05) is 18.2 Å². The van der Waals surface area contributed by atoms with Crippen molar-refractivity contribution in [3.8, 4) is 11.1 Å². The van der Waals surface area contributed by atoms with Crippen LogP contribution < -0.4 is 16.4 Å². The van der Waals surface area contributed by atoms with Crippen molar-refractivity contribution in [2.24, 2.45) is 5.73 Å². The average Bonchev–Trinajstić information content (AvgIpc) is 3.14. The first kappa shape index (κ1) is 18.1. The lowest BCUT2D eigenvalue weighted by Crippen LogP contribution is -2.20. The number of H-pyrrole nitrogens is 1. The molecule has 3 amide bonds. The van der Waals surface area contributed by atoms with Crippen molar-refractivity contribution in [3.63, 3.8) is 0 Å². The van der Waals surface area contributed by atoms with Crippen LogP contribution in [0.25, 0.3) is 11.1 Å². The molecule has 0 bridgehead atoms. The van der Waals surface area contributed by atoms with Gasteiger partial charge >= 0.3 is 6.03 Å². The maximum absolute atomic E-state index is 13.7. The summed E-state index contributed by atoms with van der Waals surface area (Å²) >= 11 is 0. The Kier molecular flexibility index (Phi) is 5.16. The Balaban J connectivity index is 1.70. The van der Waals surface area contributed by atoms with Crippen molar-refractivity contribution >= 4 is 23.3 Å². The summed E-state index contributed by atoms with van der Waals surface area (Å²) in [4.78, 5) is 26.3. The Hall–Kier alpha value is -3.68. The maximum atomic E-state index is 13.7. The zero-order chi connectivity index (χ0) is 19.4. The molecule has 0 fully saturated rings. The highest BCUT2D eigenvalue weighted by Gasteiger charge is 2.12. The van der Waals surface area contributed by atoms with E-state index in [0.29, 0.717) is 16.8 Å². The van der Waals surface area contributed by atoms with Crippen molar-refractivity contribution in [2.45, 2.75) is 6.67 Å². The van der Waals surface area contributed by atoms with Gasteiger partial charge in [0.2, 0.25) is 0 Å². The molecule has 3 aromatic rings. The smallest absolute Gasteiger partial charge is 0.323 e. The van der Waals surface area contributed by atoms with E-state index < -0.39 is 24.4 Å². The standard InChI is InChI=1S/C19H16F2N4O2/c20-8-11-1-6-16(21)17(7-11)25-19(27)24-13-4-2-12(3-5-13)14-9-23-10-15(14)18(22)26/h1-7,9-10,23H,8H2,(H2,22,26)(H2,24,25,27). The zero-order valence-corrected chi connectivity index (χ0v) is 14.1. The Bertz CT molecular complexity index is 984. The van der Waals surface area contributed by atoms with Crippen LogP contribution in [-0.2, 0) is 6.67 Å². The molecular formula is C19H16F2N4O2. The summed E-state index contributed by atoms with van der Waals surface area (Å²) in [5, 5.41) is 4.90. The van der Waals surface area contributed by atoms with Gasteiger partial charge < -0.3 is 21.4 Å². The molecule has 6 nitrogen and oxygen atoms in total. The molecule has 5 N–H and O–H groups in total. The van der Waals surface area contributed by atoms with Crippen LogP contribution in [0.2, 0.25) is 0 Å². The van der Waals surface area contributed by atoms with Crippen LogP contribution in [0.3, 0.4) is 0 Å². The molecule has 0 aliphatic carbocycles. The van der Waals surface area contributed by atoms with E-state index in [4.69, 9.17) is 5.73 Å². The highest BCUT2D eigenvalue weighted by atomic mass is 19.1. The third kappa shape index (κ3) is 4.12. The van der Waals surface area contributed by atoms with Gasteiger partial charge in [-0.15, -0.1) is 0 Å². The number of hydrogen-bond donors (Lipinski definition) is 4. The van der Waals surface area contributed by atoms with Crippen LogP contribution in [0.15, 0.2) is 54.9 Å². The lowest BCUT2D eigenvalue weighted by Gasteiger charge is -2.10. The number of aromatic amines is 1. The molecule has 1 aromatic heterocycles. The number of carbonyl (C=O) groups is 2. The number of halogens is 2. The summed E-state index contributed by atoms with van der Waals surface area (Å²) in [5.41, 5.74) is 7.65. The summed E-state index contributed by atoms with van der Waals surface area (Å²) < 4.78 is 26.4. The van der Waals surface area contributed by atoms with E-state index in [9.17, 15) is 18.4 Å². The van der Waals surface area contributed by atoms with Crippen LogP contribution in [0.4, 0.5) is 25.0 Å². The van der Waals surface area contributed by atoms with Gasteiger partial charge in [0.1, 0.15) is 12.5 Å². The molecule has 27 heavy (non-hydrogen) atoms. The number of primary amides is 1. The normalized spacial score (nSPS) is 10.4. The fraction of sp³-hybridized carbons (Fsp3) is 0.0526. The van der Waals surface area contributed by atoms with E-state index in [1.165, 1.54) is 18.3 Å². The van der Waals surface area contributed by atoms with Gasteiger partial charge in [-0.2, -0.15) is 0 Å². The van der Waals surface area contributed by atoms with Crippen molar-refractivity contribution in [1.82, 2.24) is 4.98 Å². The molecule has 0 spiro atoms. The first-order valence-corrected chi connectivity index (χ1v) is 7.97. The Labute approximate surface area is 153 Å². The molecule has 138 valence electrons. The minimum Gasteiger partial charge on any atom is -0.366 e. The fourth-order valence-electron chi connectivity index (χ4n) is 2.58. The summed E-state index contributed by atoms with van der Waals surface area (Å²) in [6.07, 6.45) is 3.16. The molecule has 8 heteroatoms. The second-order valence-corrected chi connectivity index (χ2v) is 5.75. The van der Waals surface area contributed by atoms with E-state index in [1.54, 1.807) is 30.5 Å². The molecule has 2 aromatic carbocycles. The van der Waals surface area contributed by atoms with Gasteiger partial charge in [-0.3, -0.25) is 4.79 Å². The molecule has 0 unspecified atom stereocenters. The van der Waals surface area contributed by atoms with Crippen LogP contribution in [0.5, 0.6) is 0 Å². The van der Waals surface area contributed by atoms with Crippen molar-refractivity contribution in [3.05, 3.63) is 71.8 Å². The number of alkyl halides is 1. The highest BCUT2D eigenvalue weighted by Crippen LogP contribution is 2.25. The third-order valence-corrected chi connectivity index (χ3v) is 3.90. The Morgan fingerprint density at radius 2 is 1.78 bits per heavy atom. The number of hydrogen-bond acceptors (Lipinski definition) is 2. The number of anilines is 2. The van der Waals surface area contributed by atoms with E-state index >= 15 is 0 Å². The highest BCUT2D eigenvalue weighted by molar-refractivity contribution is 6.01. The Morgan fingerprint density at radius 3 is 2.44 bits per heavy atom. The molecule has 1 heterocycles. The summed E-state index contributed by atoms with van der Waals surface area (Å²) in [7, 11) is 0. The average molecular weight is 370 g/mol. The summed E-state index contributed by atoms with van der Waals surface area (Å²) in [5.74, 6) is -1.21. The molecule has 0 aliphatic rings. The number of urea groups is 1. The van der Waals surface area contributed by atoms with E-state index in [0.717, 1.165) is 11.6 Å². The number of aromatic nitrogens is 1. The number of benzene rings is 2. The molecule has 0 aliphatic heterocycles. The SMILES string of the molecule is NC(=O)c1c[nH]cc1-c1ccc(NC(=O)Nc2cc(CF)ccc2F)cc1. The minimum atomic E-state index is -0.759. The number of rotatable bonds is 5. The lowest BCUT2D eigenvalue weighted by atomic mass is 10.0. The summed E-state index contributed by atoms with van der Waals surface area (Å²) in [6, 6.07) is 9.62. The van der Waals surface area contributed by atoms with Crippen LogP contribution in [0.1, 0.15) is 15.9 Å². The van der Waals surface area contributed by atoms with E-state index in [1.807, 2.05) is 0 Å². The Morgan fingerprint density at radius 1 is 1.04 bits per heavy atom. The second kappa shape index (κ2) is 7.69. The number of nitrogens with one attached hydrogen (secondary N) is 3. The van der Waals surface area contributed by atoms with Crippen molar-refractivity contribution < 1.29 is 18.4 Å². The number of nitrogens with two attached hydrogens (primary N) is 1. The molecular weight excluding hydrogens is 354 g/mol. The molecule has 0 atom stereocenters. The van der Waals surface area contributed by atoms with Crippen LogP contribution >= 0.6 is 0 Å². The maximum Gasteiger partial charge on any atom is 0.323 e. The van der Waals surface area contributed by atoms with E-state index in [-0.39, 0.29) is 11.3 Å². The van der Waals surface area contributed by atoms with E-state index in [2.05, 4.69) is 15.6 Å². The van der Waals surface area contributed by atoms with Gasteiger partial charge in [-0.25, -0.2) is 13.6 Å². The van der Waals surface area contributed by atoms with Crippen molar-refractivity contribution in [2.75, 3.05) is 10.6 Å². The quantitative estimate of drug-likeness (QED) is 0.545. The largest absolute Gasteiger partial charge is 0.366 e. The predicted octanol–water partition coefficient (Wildman–Crippen LogP) is 4.03.